The monoisotopic (exact) mass is 247 g/mol. The number of benzene rings is 2. The van der Waals surface area contributed by atoms with E-state index < -0.39 is 8.03 Å². The van der Waals surface area contributed by atoms with Gasteiger partial charge in [-0.2, -0.15) is 4.89 Å². The lowest BCUT2D eigenvalue weighted by Crippen LogP contribution is -2.08. The van der Waals surface area contributed by atoms with E-state index in [9.17, 15) is 4.57 Å². The quantitative estimate of drug-likeness (QED) is 0.845. The minimum atomic E-state index is -2.33. The molecule has 0 aromatic heterocycles. The van der Waals surface area contributed by atoms with Gasteiger partial charge < -0.3 is 4.74 Å². The Balaban J connectivity index is 2.12. The second-order valence-corrected chi connectivity index (χ2v) is 4.53. The van der Waals surface area contributed by atoms with Crippen molar-refractivity contribution in [2.45, 2.75) is 6.61 Å². The third-order valence-corrected chi connectivity index (χ3v) is 3.18. The molecule has 1 unspecified atom stereocenters. The summed E-state index contributed by atoms with van der Waals surface area (Å²) >= 11 is 0. The summed E-state index contributed by atoms with van der Waals surface area (Å²) in [6.07, 6.45) is 0. The molecule has 0 amide bonds. The molecule has 0 fully saturated rings. The molecule has 0 heterocycles. The molecular weight excluding hydrogens is 235 g/mol. The fourth-order valence-electron chi connectivity index (χ4n) is 1.50. The number of para-hydroxylation sites is 1. The van der Waals surface area contributed by atoms with Crippen LogP contribution in [0, 0.1) is 0 Å². The Morgan fingerprint density at radius 3 is 2.35 bits per heavy atom. The molecule has 0 bridgehead atoms. The fourth-order valence-corrected chi connectivity index (χ4v) is 2.10. The number of hydrogen-bond donors (Lipinski definition) is 1. The molecule has 2 aromatic carbocycles. The van der Waals surface area contributed by atoms with Crippen LogP contribution in [0.15, 0.2) is 54.6 Å². The SMILES string of the molecule is O=[P+](O)c1ccccc1COc1ccccc1. The van der Waals surface area contributed by atoms with Crippen molar-refractivity contribution < 1.29 is 14.2 Å². The van der Waals surface area contributed by atoms with Gasteiger partial charge in [-0.05, 0) is 22.8 Å². The molecule has 17 heavy (non-hydrogen) atoms. The van der Waals surface area contributed by atoms with Gasteiger partial charge in [0.2, 0.25) is 5.30 Å². The van der Waals surface area contributed by atoms with Crippen LogP contribution >= 0.6 is 8.03 Å². The molecule has 0 aliphatic heterocycles. The van der Waals surface area contributed by atoms with E-state index in [4.69, 9.17) is 9.63 Å². The van der Waals surface area contributed by atoms with Crippen molar-refractivity contribution in [2.75, 3.05) is 0 Å². The molecule has 2 aromatic rings. The minimum absolute atomic E-state index is 0.293. The first kappa shape index (κ1) is 11.8. The van der Waals surface area contributed by atoms with Crippen LogP contribution in [0.4, 0.5) is 0 Å². The summed E-state index contributed by atoms with van der Waals surface area (Å²) in [5.41, 5.74) is 0.736. The lowest BCUT2D eigenvalue weighted by Gasteiger charge is -2.05. The van der Waals surface area contributed by atoms with Crippen molar-refractivity contribution in [3.05, 3.63) is 60.2 Å². The average molecular weight is 247 g/mol. The molecule has 4 heteroatoms. The molecule has 1 atom stereocenters. The smallest absolute Gasteiger partial charge is 0.489 e. The van der Waals surface area contributed by atoms with Gasteiger partial charge in [-0.15, -0.1) is 0 Å². The maximum Gasteiger partial charge on any atom is 0.546 e. The van der Waals surface area contributed by atoms with Crippen LogP contribution in [-0.2, 0) is 11.2 Å². The standard InChI is InChI=1S/C13H11O3P/c14-17(15)13-9-5-4-6-11(13)10-16-12-7-2-1-3-8-12/h1-9H,10H2/p+1. The van der Waals surface area contributed by atoms with Crippen LogP contribution in [0.25, 0.3) is 0 Å². The van der Waals surface area contributed by atoms with Gasteiger partial charge >= 0.3 is 8.03 Å². The lowest BCUT2D eigenvalue weighted by molar-refractivity contribution is 0.307. The molecule has 86 valence electrons. The second-order valence-electron chi connectivity index (χ2n) is 3.50. The van der Waals surface area contributed by atoms with E-state index in [-0.39, 0.29) is 0 Å². The highest BCUT2D eigenvalue weighted by molar-refractivity contribution is 7.47. The zero-order valence-electron chi connectivity index (χ0n) is 9.11. The number of ether oxygens (including phenoxy) is 1. The van der Waals surface area contributed by atoms with Crippen molar-refractivity contribution in [1.29, 1.82) is 0 Å². The summed E-state index contributed by atoms with van der Waals surface area (Å²) < 4.78 is 16.7. The van der Waals surface area contributed by atoms with Crippen molar-refractivity contribution >= 4 is 13.3 Å². The van der Waals surface area contributed by atoms with Crippen LogP contribution in [0.1, 0.15) is 5.56 Å². The topological polar surface area (TPSA) is 46.5 Å². The first-order chi connectivity index (χ1) is 8.27. The van der Waals surface area contributed by atoms with E-state index in [1.54, 1.807) is 18.2 Å². The third-order valence-electron chi connectivity index (χ3n) is 2.34. The second kappa shape index (κ2) is 5.58. The van der Waals surface area contributed by atoms with E-state index in [1.807, 2.05) is 36.4 Å². The highest BCUT2D eigenvalue weighted by Crippen LogP contribution is 2.18. The first-order valence-corrected chi connectivity index (χ1v) is 6.40. The Hall–Kier alpha value is -1.70. The Bertz CT molecular complexity index is 511. The molecule has 0 aliphatic carbocycles. The van der Waals surface area contributed by atoms with Crippen LogP contribution in [0.5, 0.6) is 5.75 Å². The maximum absolute atomic E-state index is 11.1. The largest absolute Gasteiger partial charge is 0.546 e. The molecule has 0 aliphatic rings. The maximum atomic E-state index is 11.1. The lowest BCUT2D eigenvalue weighted by atomic mass is 10.2. The summed E-state index contributed by atoms with van der Waals surface area (Å²) in [5.74, 6) is 0.746. The van der Waals surface area contributed by atoms with Crippen LogP contribution < -0.4 is 10.0 Å². The fraction of sp³-hybridized carbons (Fsp3) is 0.0769. The highest BCUT2D eigenvalue weighted by atomic mass is 31.1. The van der Waals surface area contributed by atoms with E-state index >= 15 is 0 Å². The van der Waals surface area contributed by atoms with Gasteiger partial charge in [-0.25, -0.2) is 0 Å². The summed E-state index contributed by atoms with van der Waals surface area (Å²) in [6, 6.07) is 16.4. The van der Waals surface area contributed by atoms with Gasteiger partial charge in [-0.3, -0.25) is 0 Å². The van der Waals surface area contributed by atoms with Gasteiger partial charge in [0.25, 0.3) is 0 Å². The Morgan fingerprint density at radius 2 is 1.65 bits per heavy atom. The summed E-state index contributed by atoms with van der Waals surface area (Å²) in [5, 5.41) is 0.429. The van der Waals surface area contributed by atoms with Crippen LogP contribution in [0.3, 0.4) is 0 Å². The molecule has 2 rings (SSSR count). The van der Waals surface area contributed by atoms with Crippen molar-refractivity contribution in [1.82, 2.24) is 0 Å². The molecule has 3 nitrogen and oxygen atoms in total. The van der Waals surface area contributed by atoms with E-state index in [0.717, 1.165) is 11.3 Å². The summed E-state index contributed by atoms with van der Waals surface area (Å²) in [6.45, 7) is 0.293. The predicted octanol–water partition coefficient (Wildman–Crippen LogP) is 2.63. The zero-order chi connectivity index (χ0) is 12.1. The van der Waals surface area contributed by atoms with E-state index in [2.05, 4.69) is 0 Å². The number of rotatable bonds is 4. The van der Waals surface area contributed by atoms with Crippen LogP contribution in [0.2, 0.25) is 0 Å². The molecule has 0 spiro atoms. The van der Waals surface area contributed by atoms with Gasteiger partial charge in [0, 0.05) is 5.56 Å². The predicted molar refractivity (Wildman–Crippen MR) is 66.7 cm³/mol. The van der Waals surface area contributed by atoms with Gasteiger partial charge in [0.15, 0.2) is 0 Å². The zero-order valence-corrected chi connectivity index (χ0v) is 10.0. The Kier molecular flexibility index (Phi) is 3.86. The summed E-state index contributed by atoms with van der Waals surface area (Å²) in [4.78, 5) is 9.16. The van der Waals surface area contributed by atoms with Crippen molar-refractivity contribution in [3.8, 4) is 5.75 Å². The summed E-state index contributed by atoms with van der Waals surface area (Å²) in [7, 11) is -2.33. The Labute approximate surface area is 101 Å². The molecule has 1 N–H and O–H groups in total. The Morgan fingerprint density at radius 1 is 1.00 bits per heavy atom. The highest BCUT2D eigenvalue weighted by Gasteiger charge is 2.20. The number of hydrogen-bond acceptors (Lipinski definition) is 2. The van der Waals surface area contributed by atoms with Gasteiger partial charge in [0.05, 0.1) is 0 Å². The molecule has 0 radical (unpaired) electrons. The van der Waals surface area contributed by atoms with Crippen molar-refractivity contribution in [3.63, 3.8) is 0 Å². The van der Waals surface area contributed by atoms with Gasteiger partial charge in [0.1, 0.15) is 12.4 Å². The van der Waals surface area contributed by atoms with Crippen LogP contribution in [-0.4, -0.2) is 4.89 Å². The minimum Gasteiger partial charge on any atom is -0.489 e. The van der Waals surface area contributed by atoms with Crippen molar-refractivity contribution in [2.24, 2.45) is 0 Å². The average Bonchev–Trinajstić information content (AvgIpc) is 2.38. The molecular formula is C13H12O3P+. The van der Waals surface area contributed by atoms with E-state index in [1.165, 1.54) is 0 Å². The molecule has 0 saturated heterocycles. The normalized spacial score (nSPS) is 11.0. The third kappa shape index (κ3) is 3.13. The van der Waals surface area contributed by atoms with Gasteiger partial charge in [-0.1, -0.05) is 36.4 Å². The first-order valence-electron chi connectivity index (χ1n) is 5.19. The van der Waals surface area contributed by atoms with E-state index in [0.29, 0.717) is 11.9 Å². The molecule has 0 saturated carbocycles.